The minimum absolute atomic E-state index is 0.0306. The summed E-state index contributed by atoms with van der Waals surface area (Å²) in [4.78, 5) is 22.3. The molecule has 1 N–H and O–H groups in total. The average Bonchev–Trinajstić information content (AvgIpc) is 3.07. The highest BCUT2D eigenvalue weighted by molar-refractivity contribution is 7.99. The first-order valence-corrected chi connectivity index (χ1v) is 10.1. The molecule has 0 atom stereocenters. The van der Waals surface area contributed by atoms with Gasteiger partial charge in [-0.05, 0) is 49.2 Å². The molecule has 0 saturated carbocycles. The molecule has 0 fully saturated rings. The molecule has 9 nitrogen and oxygen atoms in total. The predicted octanol–water partition coefficient (Wildman–Crippen LogP) is 3.65. The fraction of sp³-hybridized carbons (Fsp3) is 0.250. The summed E-state index contributed by atoms with van der Waals surface area (Å²) in [6.45, 7) is 4.34. The summed E-state index contributed by atoms with van der Waals surface area (Å²) >= 11 is 1.24. The number of nitrogens with one attached hydrogen (secondary N) is 1. The number of thioether (sulfide) groups is 1. The van der Waals surface area contributed by atoms with Crippen molar-refractivity contribution in [3.8, 4) is 5.75 Å². The van der Waals surface area contributed by atoms with Crippen LogP contribution in [0.4, 0.5) is 11.4 Å². The van der Waals surface area contributed by atoms with Gasteiger partial charge in [0.1, 0.15) is 12.4 Å². The van der Waals surface area contributed by atoms with E-state index in [1.165, 1.54) is 41.6 Å². The fourth-order valence-corrected chi connectivity index (χ4v) is 3.27. The summed E-state index contributed by atoms with van der Waals surface area (Å²) in [5, 5.41) is 22.2. The van der Waals surface area contributed by atoms with E-state index in [0.717, 1.165) is 11.3 Å². The minimum atomic E-state index is -0.489. The second-order valence-corrected chi connectivity index (χ2v) is 7.58. The smallest absolute Gasteiger partial charge is 0.269 e. The third-order valence-electron chi connectivity index (χ3n) is 4.47. The van der Waals surface area contributed by atoms with Crippen LogP contribution in [0, 0.1) is 24.0 Å². The Kier molecular flexibility index (Phi) is 6.68. The molecule has 0 unspecified atom stereocenters. The van der Waals surface area contributed by atoms with Crippen LogP contribution in [0.2, 0.25) is 0 Å². The molecule has 0 saturated heterocycles. The predicted molar refractivity (Wildman–Crippen MR) is 114 cm³/mol. The Balaban J connectivity index is 1.52. The van der Waals surface area contributed by atoms with Gasteiger partial charge in [0.15, 0.2) is 11.0 Å². The summed E-state index contributed by atoms with van der Waals surface area (Å²) in [6, 6.07) is 11.6. The van der Waals surface area contributed by atoms with E-state index in [0.29, 0.717) is 16.7 Å². The second kappa shape index (κ2) is 9.40. The van der Waals surface area contributed by atoms with Crippen LogP contribution >= 0.6 is 11.8 Å². The number of hydrogen-bond acceptors (Lipinski definition) is 7. The number of hydrogen-bond donors (Lipinski definition) is 1. The number of amides is 1. The maximum absolute atomic E-state index is 12.1. The highest BCUT2D eigenvalue weighted by atomic mass is 32.2. The average molecular weight is 427 g/mol. The Morgan fingerprint density at radius 3 is 2.57 bits per heavy atom. The molecular weight excluding hydrogens is 406 g/mol. The first-order chi connectivity index (χ1) is 14.3. The normalized spacial score (nSPS) is 10.6. The van der Waals surface area contributed by atoms with Crippen LogP contribution in [-0.2, 0) is 18.4 Å². The summed E-state index contributed by atoms with van der Waals surface area (Å²) in [7, 11) is 1.82. The van der Waals surface area contributed by atoms with E-state index in [4.69, 9.17) is 4.74 Å². The van der Waals surface area contributed by atoms with Crippen LogP contribution in [0.3, 0.4) is 0 Å². The van der Waals surface area contributed by atoms with Crippen molar-refractivity contribution in [3.63, 3.8) is 0 Å². The zero-order valence-electron chi connectivity index (χ0n) is 16.8. The van der Waals surface area contributed by atoms with Crippen molar-refractivity contribution >= 4 is 29.0 Å². The highest BCUT2D eigenvalue weighted by Gasteiger charge is 2.13. The molecule has 0 radical (unpaired) electrons. The Morgan fingerprint density at radius 2 is 1.90 bits per heavy atom. The van der Waals surface area contributed by atoms with E-state index in [1.54, 1.807) is 4.57 Å². The van der Waals surface area contributed by atoms with Crippen LogP contribution in [0.1, 0.15) is 17.0 Å². The zero-order valence-corrected chi connectivity index (χ0v) is 17.6. The summed E-state index contributed by atoms with van der Waals surface area (Å²) < 4.78 is 7.58. The van der Waals surface area contributed by atoms with E-state index in [2.05, 4.69) is 15.5 Å². The lowest BCUT2D eigenvalue weighted by molar-refractivity contribution is -0.384. The van der Waals surface area contributed by atoms with E-state index in [9.17, 15) is 14.9 Å². The Labute approximate surface area is 177 Å². The third kappa shape index (κ3) is 5.35. The van der Waals surface area contributed by atoms with Crippen LogP contribution < -0.4 is 10.1 Å². The maximum atomic E-state index is 12.1. The van der Waals surface area contributed by atoms with Gasteiger partial charge in [-0.1, -0.05) is 17.8 Å². The first-order valence-electron chi connectivity index (χ1n) is 9.09. The molecule has 1 aromatic heterocycles. The van der Waals surface area contributed by atoms with Crippen LogP contribution in [0.5, 0.6) is 5.75 Å². The minimum Gasteiger partial charge on any atom is -0.486 e. The van der Waals surface area contributed by atoms with Crippen molar-refractivity contribution in [2.24, 2.45) is 7.05 Å². The number of rotatable bonds is 8. The molecule has 1 amide bonds. The van der Waals surface area contributed by atoms with E-state index in [-0.39, 0.29) is 24.0 Å². The zero-order chi connectivity index (χ0) is 21.7. The highest BCUT2D eigenvalue weighted by Crippen LogP contribution is 2.20. The summed E-state index contributed by atoms with van der Waals surface area (Å²) in [5.74, 6) is 1.29. The van der Waals surface area contributed by atoms with E-state index < -0.39 is 4.92 Å². The van der Waals surface area contributed by atoms with Crippen LogP contribution in [-0.4, -0.2) is 31.3 Å². The second-order valence-electron chi connectivity index (χ2n) is 6.63. The molecule has 3 aromatic rings. The molecule has 10 heteroatoms. The van der Waals surface area contributed by atoms with Crippen molar-refractivity contribution in [1.29, 1.82) is 0 Å². The van der Waals surface area contributed by atoms with Gasteiger partial charge in [0.2, 0.25) is 5.91 Å². The van der Waals surface area contributed by atoms with Crippen molar-refractivity contribution in [3.05, 3.63) is 69.5 Å². The number of nitro benzene ring substituents is 1. The Hall–Kier alpha value is -3.40. The van der Waals surface area contributed by atoms with Gasteiger partial charge in [-0.25, -0.2) is 0 Å². The number of aryl methyl sites for hydroxylation is 2. The van der Waals surface area contributed by atoms with Gasteiger partial charge in [-0.2, -0.15) is 0 Å². The molecule has 0 aliphatic heterocycles. The number of carbonyl (C=O) groups excluding carboxylic acids is 1. The van der Waals surface area contributed by atoms with E-state index >= 15 is 0 Å². The first kappa shape index (κ1) is 21.3. The van der Waals surface area contributed by atoms with Gasteiger partial charge < -0.3 is 14.6 Å². The Morgan fingerprint density at radius 1 is 1.17 bits per heavy atom. The molecule has 0 spiro atoms. The molecule has 0 aliphatic rings. The number of ether oxygens (including phenoxy) is 1. The standard InChI is InChI=1S/C20H21N5O4S/c1-13-4-9-17(10-14(13)2)29-11-18-22-23-20(24(18)3)30-12-19(26)21-15-5-7-16(8-6-15)25(27)28/h4-10H,11-12H2,1-3H3,(H,21,26). The molecule has 156 valence electrons. The molecular formula is C20H21N5O4S. The van der Waals surface area contributed by atoms with Crippen molar-refractivity contribution < 1.29 is 14.5 Å². The molecule has 1 heterocycles. The lowest BCUT2D eigenvalue weighted by Gasteiger charge is -2.08. The van der Waals surface area contributed by atoms with Gasteiger partial charge in [-0.15, -0.1) is 10.2 Å². The lowest BCUT2D eigenvalue weighted by Crippen LogP contribution is -2.14. The largest absolute Gasteiger partial charge is 0.486 e. The molecule has 3 rings (SSSR count). The van der Waals surface area contributed by atoms with E-state index in [1.807, 2.05) is 39.1 Å². The van der Waals surface area contributed by atoms with Crippen molar-refractivity contribution in [2.45, 2.75) is 25.6 Å². The summed E-state index contributed by atoms with van der Waals surface area (Å²) in [5.41, 5.74) is 2.82. The number of aromatic nitrogens is 3. The maximum Gasteiger partial charge on any atom is 0.269 e. The number of nitro groups is 1. The topological polar surface area (TPSA) is 112 Å². The van der Waals surface area contributed by atoms with Crippen LogP contribution in [0.25, 0.3) is 0 Å². The van der Waals surface area contributed by atoms with Crippen molar-refractivity contribution in [1.82, 2.24) is 14.8 Å². The summed E-state index contributed by atoms with van der Waals surface area (Å²) in [6.07, 6.45) is 0. The Bertz CT molecular complexity index is 1070. The number of nitrogens with zero attached hydrogens (tertiary/aromatic N) is 4. The number of benzene rings is 2. The number of carbonyl (C=O) groups is 1. The molecule has 30 heavy (non-hydrogen) atoms. The quantitative estimate of drug-likeness (QED) is 0.332. The van der Waals surface area contributed by atoms with Gasteiger partial charge in [0.25, 0.3) is 5.69 Å². The van der Waals surface area contributed by atoms with Gasteiger partial charge in [-0.3, -0.25) is 14.9 Å². The number of non-ortho nitro benzene ring substituents is 1. The fourth-order valence-electron chi connectivity index (χ4n) is 2.54. The molecule has 0 aliphatic carbocycles. The monoisotopic (exact) mass is 427 g/mol. The van der Waals surface area contributed by atoms with Gasteiger partial charge >= 0.3 is 0 Å². The van der Waals surface area contributed by atoms with Crippen LogP contribution in [0.15, 0.2) is 47.6 Å². The van der Waals surface area contributed by atoms with Crippen molar-refractivity contribution in [2.75, 3.05) is 11.1 Å². The SMILES string of the molecule is Cc1ccc(OCc2nnc(SCC(=O)Nc3ccc([N+](=O)[O-])cc3)n2C)cc1C. The van der Waals surface area contributed by atoms with Gasteiger partial charge in [0.05, 0.1) is 10.7 Å². The molecule has 2 aromatic carbocycles. The van der Waals surface area contributed by atoms with Gasteiger partial charge in [0, 0.05) is 24.9 Å². The third-order valence-corrected chi connectivity index (χ3v) is 5.49. The molecule has 0 bridgehead atoms. The number of anilines is 1. The lowest BCUT2D eigenvalue weighted by atomic mass is 10.1.